The molecule has 4 heteroatoms. The van der Waals surface area contributed by atoms with Gasteiger partial charge in [-0.15, -0.1) is 0 Å². The molecule has 0 fully saturated rings. The van der Waals surface area contributed by atoms with Crippen molar-refractivity contribution in [2.75, 3.05) is 19.0 Å². The van der Waals surface area contributed by atoms with Crippen LogP contribution < -0.4 is 10.1 Å². The first kappa shape index (κ1) is 16.8. The predicted molar refractivity (Wildman–Crippen MR) is 104 cm³/mol. The molecular formula is C21H23N3O. The minimum Gasteiger partial charge on any atom is -0.497 e. The maximum Gasteiger partial charge on any atom is 0.203 e. The van der Waals surface area contributed by atoms with Crippen molar-refractivity contribution in [1.29, 1.82) is 0 Å². The van der Waals surface area contributed by atoms with Crippen molar-refractivity contribution in [3.05, 3.63) is 71.9 Å². The first-order valence-corrected chi connectivity index (χ1v) is 8.29. The Bertz CT molecular complexity index is 849. The Morgan fingerprint density at radius 2 is 1.84 bits per heavy atom. The molecule has 128 valence electrons. The van der Waals surface area contributed by atoms with Crippen molar-refractivity contribution in [2.45, 2.75) is 6.92 Å². The molecule has 0 unspecified atom stereocenters. The van der Waals surface area contributed by atoms with Crippen LogP contribution in [0.15, 0.2) is 66.4 Å². The number of anilines is 1. The minimum atomic E-state index is 0.752. The maximum absolute atomic E-state index is 5.21. The highest BCUT2D eigenvalue weighted by molar-refractivity contribution is 5.62. The fourth-order valence-corrected chi connectivity index (χ4v) is 2.71. The summed E-state index contributed by atoms with van der Waals surface area (Å²) in [6.07, 6.45) is 4.07. The van der Waals surface area contributed by atoms with Crippen LogP contribution in [0.2, 0.25) is 0 Å². The third kappa shape index (κ3) is 4.10. The second-order valence-electron chi connectivity index (χ2n) is 6.01. The van der Waals surface area contributed by atoms with E-state index in [0.717, 1.165) is 29.5 Å². The topological polar surface area (TPSA) is 39.1 Å². The molecule has 1 heterocycles. The van der Waals surface area contributed by atoms with Crippen molar-refractivity contribution in [3.63, 3.8) is 0 Å². The van der Waals surface area contributed by atoms with Gasteiger partial charge in [-0.1, -0.05) is 42.0 Å². The lowest BCUT2D eigenvalue weighted by Gasteiger charge is -2.09. The minimum absolute atomic E-state index is 0.752. The molecule has 4 nitrogen and oxygen atoms in total. The average Bonchev–Trinajstić information content (AvgIpc) is 3.01. The molecule has 3 rings (SSSR count). The molecular weight excluding hydrogens is 310 g/mol. The molecule has 0 aliphatic carbocycles. The van der Waals surface area contributed by atoms with Crippen molar-refractivity contribution in [3.8, 4) is 17.0 Å². The van der Waals surface area contributed by atoms with Gasteiger partial charge in [0.1, 0.15) is 5.75 Å². The van der Waals surface area contributed by atoms with Crippen molar-refractivity contribution < 1.29 is 4.74 Å². The van der Waals surface area contributed by atoms with Gasteiger partial charge in [-0.2, -0.15) is 0 Å². The fourth-order valence-electron chi connectivity index (χ4n) is 2.71. The van der Waals surface area contributed by atoms with E-state index >= 15 is 0 Å². The van der Waals surface area contributed by atoms with Gasteiger partial charge in [-0.3, -0.25) is 0 Å². The van der Waals surface area contributed by atoms with E-state index in [9.17, 15) is 0 Å². The summed E-state index contributed by atoms with van der Waals surface area (Å²) in [4.78, 5) is 4.51. The van der Waals surface area contributed by atoms with Gasteiger partial charge in [0, 0.05) is 19.2 Å². The molecule has 2 aromatic carbocycles. The van der Waals surface area contributed by atoms with E-state index in [-0.39, 0.29) is 0 Å². The third-order valence-corrected chi connectivity index (χ3v) is 4.11. The molecule has 0 aliphatic heterocycles. The number of benzene rings is 2. The summed E-state index contributed by atoms with van der Waals surface area (Å²) in [5.74, 6) is 1.71. The van der Waals surface area contributed by atoms with E-state index in [4.69, 9.17) is 4.74 Å². The van der Waals surface area contributed by atoms with Gasteiger partial charge in [0.05, 0.1) is 19.0 Å². The fraction of sp³-hybridized carbons (Fsp3) is 0.190. The van der Waals surface area contributed by atoms with Crippen LogP contribution in [-0.2, 0) is 7.05 Å². The summed E-state index contributed by atoms with van der Waals surface area (Å²) < 4.78 is 7.28. The van der Waals surface area contributed by atoms with Gasteiger partial charge in [0.15, 0.2) is 0 Å². The Balaban J connectivity index is 1.70. The summed E-state index contributed by atoms with van der Waals surface area (Å²) in [6.45, 7) is 2.87. The largest absolute Gasteiger partial charge is 0.497 e. The van der Waals surface area contributed by atoms with Crippen LogP contribution in [0, 0.1) is 0 Å². The number of nitrogens with zero attached hydrogens (tertiary/aromatic N) is 2. The maximum atomic E-state index is 5.21. The molecule has 0 saturated carbocycles. The second kappa shape index (κ2) is 7.71. The predicted octanol–water partition coefficient (Wildman–Crippen LogP) is 4.61. The molecule has 3 aromatic rings. The van der Waals surface area contributed by atoms with Crippen molar-refractivity contribution in [2.24, 2.45) is 7.05 Å². The van der Waals surface area contributed by atoms with Crippen LogP contribution in [0.5, 0.6) is 5.75 Å². The molecule has 0 aliphatic rings. The van der Waals surface area contributed by atoms with Crippen LogP contribution in [0.3, 0.4) is 0 Å². The SMILES string of the molecule is COc1ccc(-c2cnc(NCC(C)=Cc3ccccc3)n2C)cc1. The van der Waals surface area contributed by atoms with Gasteiger partial charge in [-0.25, -0.2) is 4.98 Å². The number of imidazole rings is 1. The van der Waals surface area contributed by atoms with Crippen molar-refractivity contribution >= 4 is 12.0 Å². The van der Waals surface area contributed by atoms with Crippen LogP contribution in [-0.4, -0.2) is 23.2 Å². The molecule has 25 heavy (non-hydrogen) atoms. The highest BCUT2D eigenvalue weighted by atomic mass is 16.5. The highest BCUT2D eigenvalue weighted by Crippen LogP contribution is 2.24. The van der Waals surface area contributed by atoms with Crippen LogP contribution >= 0.6 is 0 Å². The normalized spacial score (nSPS) is 11.4. The Hall–Kier alpha value is -3.01. The summed E-state index contributed by atoms with van der Waals surface area (Å²) in [6, 6.07) is 18.3. The smallest absolute Gasteiger partial charge is 0.203 e. The van der Waals surface area contributed by atoms with Crippen LogP contribution in [0.25, 0.3) is 17.3 Å². The number of ether oxygens (including phenoxy) is 1. The molecule has 0 saturated heterocycles. The Morgan fingerprint density at radius 1 is 1.12 bits per heavy atom. The van der Waals surface area contributed by atoms with E-state index in [2.05, 4.69) is 40.0 Å². The first-order chi connectivity index (χ1) is 12.2. The number of nitrogens with one attached hydrogen (secondary N) is 1. The molecule has 1 aromatic heterocycles. The molecule has 0 amide bonds. The van der Waals surface area contributed by atoms with Crippen molar-refractivity contribution in [1.82, 2.24) is 9.55 Å². The van der Waals surface area contributed by atoms with Gasteiger partial charge in [-0.05, 0) is 36.8 Å². The molecule has 0 spiro atoms. The molecule has 0 bridgehead atoms. The summed E-state index contributed by atoms with van der Waals surface area (Å²) in [7, 11) is 3.69. The van der Waals surface area contributed by atoms with E-state index in [1.54, 1.807) is 7.11 Å². The number of rotatable bonds is 6. The first-order valence-electron chi connectivity index (χ1n) is 8.29. The Morgan fingerprint density at radius 3 is 2.52 bits per heavy atom. The van der Waals surface area contributed by atoms with E-state index < -0.39 is 0 Å². The Kier molecular flexibility index (Phi) is 5.19. The number of hydrogen-bond donors (Lipinski definition) is 1. The third-order valence-electron chi connectivity index (χ3n) is 4.11. The van der Waals surface area contributed by atoms with Gasteiger partial charge < -0.3 is 14.6 Å². The van der Waals surface area contributed by atoms with E-state index in [1.165, 1.54) is 11.1 Å². The zero-order valence-corrected chi connectivity index (χ0v) is 14.9. The zero-order valence-electron chi connectivity index (χ0n) is 14.9. The Labute approximate surface area is 148 Å². The highest BCUT2D eigenvalue weighted by Gasteiger charge is 2.08. The lowest BCUT2D eigenvalue weighted by molar-refractivity contribution is 0.415. The average molecular weight is 333 g/mol. The zero-order chi connectivity index (χ0) is 17.6. The van der Waals surface area contributed by atoms with Gasteiger partial charge in [0.2, 0.25) is 5.95 Å². The van der Waals surface area contributed by atoms with E-state index in [1.807, 2.05) is 55.7 Å². The molecule has 1 N–H and O–H groups in total. The van der Waals surface area contributed by atoms with Gasteiger partial charge >= 0.3 is 0 Å². The molecule has 0 radical (unpaired) electrons. The monoisotopic (exact) mass is 333 g/mol. The van der Waals surface area contributed by atoms with E-state index in [0.29, 0.717) is 0 Å². The number of hydrogen-bond acceptors (Lipinski definition) is 3. The lowest BCUT2D eigenvalue weighted by Crippen LogP contribution is -2.08. The molecule has 0 atom stereocenters. The summed E-state index contributed by atoms with van der Waals surface area (Å²) >= 11 is 0. The number of methoxy groups -OCH3 is 1. The second-order valence-corrected chi connectivity index (χ2v) is 6.01. The standard InChI is InChI=1S/C21H23N3O/c1-16(13-17-7-5-4-6-8-17)14-22-21-23-15-20(24(21)2)18-9-11-19(25-3)12-10-18/h4-13,15H,14H2,1-3H3,(H,22,23). The summed E-state index contributed by atoms with van der Waals surface area (Å²) in [5, 5.41) is 3.40. The van der Waals surface area contributed by atoms with Crippen LogP contribution in [0.4, 0.5) is 5.95 Å². The quantitative estimate of drug-likeness (QED) is 0.716. The number of aromatic nitrogens is 2. The van der Waals surface area contributed by atoms with Crippen LogP contribution in [0.1, 0.15) is 12.5 Å². The lowest BCUT2D eigenvalue weighted by atomic mass is 10.1. The summed E-state index contributed by atoms with van der Waals surface area (Å²) in [5.41, 5.74) is 4.64. The van der Waals surface area contributed by atoms with Gasteiger partial charge in [0.25, 0.3) is 0 Å².